The number of carbonyl (C=O) groups excluding carboxylic acids is 2. The SMILES string of the molecule is CCNC(=O)NC(=O)C[NH+]1CCN(c2cc(Cl)ccc2C)CC1. The Labute approximate surface area is 141 Å². The van der Waals surface area contributed by atoms with E-state index < -0.39 is 6.03 Å². The summed E-state index contributed by atoms with van der Waals surface area (Å²) in [7, 11) is 0. The average molecular weight is 340 g/mol. The molecule has 1 aliphatic heterocycles. The van der Waals surface area contributed by atoms with Crippen LogP contribution in [0, 0.1) is 6.92 Å². The number of anilines is 1. The molecule has 1 heterocycles. The maximum atomic E-state index is 11.8. The van der Waals surface area contributed by atoms with Gasteiger partial charge in [0.25, 0.3) is 5.91 Å². The lowest BCUT2D eigenvalue weighted by Crippen LogP contribution is -3.16. The van der Waals surface area contributed by atoms with Gasteiger partial charge < -0.3 is 15.1 Å². The molecule has 1 aliphatic rings. The molecule has 0 atom stereocenters. The fraction of sp³-hybridized carbons (Fsp3) is 0.500. The largest absolute Gasteiger partial charge is 0.360 e. The van der Waals surface area contributed by atoms with E-state index in [0.717, 1.165) is 36.9 Å². The number of nitrogens with zero attached hydrogens (tertiary/aromatic N) is 1. The van der Waals surface area contributed by atoms with Crippen molar-refractivity contribution in [1.82, 2.24) is 10.6 Å². The first-order chi connectivity index (χ1) is 11.0. The molecule has 1 saturated heterocycles. The number of benzene rings is 1. The van der Waals surface area contributed by atoms with Crippen molar-refractivity contribution in [2.75, 3.05) is 44.2 Å². The van der Waals surface area contributed by atoms with Crippen molar-refractivity contribution in [2.45, 2.75) is 13.8 Å². The van der Waals surface area contributed by atoms with Gasteiger partial charge in [-0.25, -0.2) is 4.79 Å². The molecular formula is C16H24ClN4O2+. The van der Waals surface area contributed by atoms with Crippen LogP contribution in [0.4, 0.5) is 10.5 Å². The predicted molar refractivity (Wildman–Crippen MR) is 91.2 cm³/mol. The molecule has 23 heavy (non-hydrogen) atoms. The number of rotatable bonds is 4. The Hall–Kier alpha value is -1.79. The summed E-state index contributed by atoms with van der Waals surface area (Å²) in [5.41, 5.74) is 2.36. The van der Waals surface area contributed by atoms with E-state index in [-0.39, 0.29) is 5.91 Å². The van der Waals surface area contributed by atoms with E-state index in [1.54, 1.807) is 0 Å². The van der Waals surface area contributed by atoms with E-state index in [9.17, 15) is 9.59 Å². The molecule has 3 N–H and O–H groups in total. The molecule has 1 fully saturated rings. The lowest BCUT2D eigenvalue weighted by molar-refractivity contribution is -0.892. The number of aryl methyl sites for hydroxylation is 1. The number of piperazine rings is 1. The lowest BCUT2D eigenvalue weighted by Gasteiger charge is -2.34. The van der Waals surface area contributed by atoms with Gasteiger partial charge in [0, 0.05) is 17.3 Å². The molecule has 0 unspecified atom stereocenters. The van der Waals surface area contributed by atoms with Gasteiger partial charge in [-0.2, -0.15) is 0 Å². The van der Waals surface area contributed by atoms with Crippen LogP contribution in [-0.2, 0) is 4.79 Å². The van der Waals surface area contributed by atoms with Gasteiger partial charge in [-0.15, -0.1) is 0 Å². The van der Waals surface area contributed by atoms with Crippen LogP contribution in [0.2, 0.25) is 5.02 Å². The summed E-state index contributed by atoms with van der Waals surface area (Å²) in [4.78, 5) is 26.6. The van der Waals surface area contributed by atoms with Crippen LogP contribution < -0.4 is 20.4 Å². The van der Waals surface area contributed by atoms with Crippen molar-refractivity contribution >= 4 is 29.2 Å². The van der Waals surface area contributed by atoms with Crippen molar-refractivity contribution in [1.29, 1.82) is 0 Å². The molecule has 6 nitrogen and oxygen atoms in total. The van der Waals surface area contributed by atoms with Crippen molar-refractivity contribution in [3.05, 3.63) is 28.8 Å². The Morgan fingerprint density at radius 2 is 2.00 bits per heavy atom. The van der Waals surface area contributed by atoms with Crippen molar-refractivity contribution in [2.24, 2.45) is 0 Å². The molecule has 3 amide bonds. The summed E-state index contributed by atoms with van der Waals surface area (Å²) in [5.74, 6) is -0.238. The monoisotopic (exact) mass is 339 g/mol. The van der Waals surface area contributed by atoms with Crippen LogP contribution in [-0.4, -0.2) is 51.2 Å². The second-order valence-electron chi connectivity index (χ2n) is 5.75. The normalized spacial score (nSPS) is 15.3. The zero-order chi connectivity index (χ0) is 16.8. The number of quaternary nitrogens is 1. The molecule has 7 heteroatoms. The molecular weight excluding hydrogens is 316 g/mol. The van der Waals surface area contributed by atoms with Gasteiger partial charge in [-0.05, 0) is 31.5 Å². The zero-order valence-corrected chi connectivity index (χ0v) is 14.4. The van der Waals surface area contributed by atoms with Crippen molar-refractivity contribution in [3.63, 3.8) is 0 Å². The Morgan fingerprint density at radius 3 is 2.65 bits per heavy atom. The van der Waals surface area contributed by atoms with Crippen LogP contribution in [0.25, 0.3) is 0 Å². The molecule has 0 spiro atoms. The maximum Gasteiger partial charge on any atom is 0.321 e. The summed E-state index contributed by atoms with van der Waals surface area (Å²) < 4.78 is 0. The molecule has 0 bridgehead atoms. The summed E-state index contributed by atoms with van der Waals surface area (Å²) in [5, 5.41) is 5.64. The van der Waals surface area contributed by atoms with Gasteiger partial charge in [0.1, 0.15) is 0 Å². The minimum atomic E-state index is -0.426. The quantitative estimate of drug-likeness (QED) is 0.734. The summed E-state index contributed by atoms with van der Waals surface area (Å²) in [6, 6.07) is 5.48. The molecule has 126 valence electrons. The van der Waals surface area contributed by atoms with Crippen LogP contribution in [0.3, 0.4) is 0 Å². The summed E-state index contributed by atoms with van der Waals surface area (Å²) in [6.45, 7) is 8.15. The number of hydrogen-bond donors (Lipinski definition) is 3. The number of urea groups is 1. The van der Waals surface area contributed by atoms with E-state index in [4.69, 9.17) is 11.6 Å². The minimum absolute atomic E-state index is 0.238. The Morgan fingerprint density at radius 1 is 1.30 bits per heavy atom. The second-order valence-corrected chi connectivity index (χ2v) is 6.19. The Bertz CT molecular complexity index is 571. The highest BCUT2D eigenvalue weighted by Crippen LogP contribution is 2.24. The summed E-state index contributed by atoms with van der Waals surface area (Å²) >= 11 is 6.09. The van der Waals surface area contributed by atoms with E-state index in [1.807, 2.05) is 25.1 Å². The zero-order valence-electron chi connectivity index (χ0n) is 13.6. The van der Waals surface area contributed by atoms with Gasteiger partial charge >= 0.3 is 6.03 Å². The molecule has 0 aromatic heterocycles. The van der Waals surface area contributed by atoms with Crippen LogP contribution in [0.5, 0.6) is 0 Å². The number of carbonyl (C=O) groups is 2. The van der Waals surface area contributed by atoms with E-state index in [0.29, 0.717) is 13.1 Å². The standard InChI is InChI=1S/C16H23ClN4O2/c1-3-18-16(23)19-15(22)11-20-6-8-21(9-7-20)14-10-13(17)5-4-12(14)2/h4-5,10H,3,6-9,11H2,1-2H3,(H2,18,19,22,23)/p+1. The van der Waals surface area contributed by atoms with Gasteiger partial charge in [0.2, 0.25) is 0 Å². The van der Waals surface area contributed by atoms with E-state index >= 15 is 0 Å². The first-order valence-corrected chi connectivity index (χ1v) is 8.29. The highest BCUT2D eigenvalue weighted by molar-refractivity contribution is 6.30. The number of amides is 3. The Kier molecular flexibility index (Phi) is 6.24. The molecule has 1 aromatic carbocycles. The van der Waals surface area contributed by atoms with Gasteiger partial charge in [0.15, 0.2) is 6.54 Å². The third kappa shape index (κ3) is 5.11. The fourth-order valence-corrected chi connectivity index (χ4v) is 2.93. The number of imide groups is 1. The first-order valence-electron chi connectivity index (χ1n) is 7.92. The number of halogens is 1. The van der Waals surface area contributed by atoms with Crippen molar-refractivity contribution in [3.8, 4) is 0 Å². The topological polar surface area (TPSA) is 65.9 Å². The average Bonchev–Trinajstić information content (AvgIpc) is 2.50. The fourth-order valence-electron chi connectivity index (χ4n) is 2.77. The van der Waals surface area contributed by atoms with E-state index in [2.05, 4.69) is 22.5 Å². The van der Waals surface area contributed by atoms with Gasteiger partial charge in [-0.1, -0.05) is 17.7 Å². The predicted octanol–water partition coefficient (Wildman–Crippen LogP) is 0.199. The van der Waals surface area contributed by atoms with Gasteiger partial charge in [0.05, 0.1) is 26.2 Å². The third-order valence-corrected chi connectivity index (χ3v) is 4.22. The molecule has 2 rings (SSSR count). The number of nitrogens with one attached hydrogen (secondary N) is 3. The maximum absolute atomic E-state index is 11.8. The van der Waals surface area contributed by atoms with Crippen LogP contribution >= 0.6 is 11.6 Å². The minimum Gasteiger partial charge on any atom is -0.360 e. The van der Waals surface area contributed by atoms with Crippen molar-refractivity contribution < 1.29 is 14.5 Å². The summed E-state index contributed by atoms with van der Waals surface area (Å²) in [6.07, 6.45) is 0. The molecule has 1 aromatic rings. The first kappa shape index (κ1) is 17.6. The van der Waals surface area contributed by atoms with Crippen LogP contribution in [0.15, 0.2) is 18.2 Å². The third-order valence-electron chi connectivity index (χ3n) is 3.98. The molecule has 0 saturated carbocycles. The second kappa shape index (κ2) is 8.17. The highest BCUT2D eigenvalue weighted by atomic mass is 35.5. The smallest absolute Gasteiger partial charge is 0.321 e. The highest BCUT2D eigenvalue weighted by Gasteiger charge is 2.23. The van der Waals surface area contributed by atoms with Gasteiger partial charge in [-0.3, -0.25) is 10.1 Å². The Balaban J connectivity index is 1.83. The molecule has 0 radical (unpaired) electrons. The number of hydrogen-bond acceptors (Lipinski definition) is 3. The van der Waals surface area contributed by atoms with Crippen LogP contribution in [0.1, 0.15) is 12.5 Å². The van der Waals surface area contributed by atoms with E-state index in [1.165, 1.54) is 10.5 Å². The molecule has 0 aliphatic carbocycles. The lowest BCUT2D eigenvalue weighted by atomic mass is 10.1.